The minimum Gasteiger partial charge on any atom is -0.508 e. The molecule has 4 rings (SSSR count). The van der Waals surface area contributed by atoms with Crippen molar-refractivity contribution in [2.45, 2.75) is 0 Å². The third-order valence-electron chi connectivity index (χ3n) is 2.64. The van der Waals surface area contributed by atoms with E-state index in [1.165, 1.54) is 36.4 Å². The second kappa shape index (κ2) is 5.62. The van der Waals surface area contributed by atoms with Crippen molar-refractivity contribution in [1.82, 2.24) is 0 Å². The molecule has 0 aliphatic carbocycles. The molecule has 0 aromatic heterocycles. The van der Waals surface area contributed by atoms with E-state index in [-0.39, 0.29) is 17.2 Å². The SMILES string of the molecule is [2H]C1([2H])Oc2ccc(C=O)cc2O1.[2H]C1([2H])Oc2ccc(O)cc2O1. The average Bonchev–Trinajstić information content (AvgIpc) is 2.99. The molecule has 2 aliphatic heterocycles. The molecule has 108 valence electrons. The Morgan fingerprint density at radius 1 is 0.905 bits per heavy atom. The van der Waals surface area contributed by atoms with E-state index in [0.717, 1.165) is 0 Å². The van der Waals surface area contributed by atoms with Crippen molar-refractivity contribution in [2.24, 2.45) is 0 Å². The van der Waals surface area contributed by atoms with Crippen molar-refractivity contribution < 1.29 is 34.3 Å². The molecule has 6 heteroatoms. The van der Waals surface area contributed by atoms with Crippen LogP contribution < -0.4 is 18.9 Å². The van der Waals surface area contributed by atoms with Crippen LogP contribution in [-0.4, -0.2) is 24.9 Å². The molecule has 2 heterocycles. The molecular formula is C15H12O6. The number of carbonyl (C=O) groups is 1. The van der Waals surface area contributed by atoms with E-state index in [1.807, 2.05) is 0 Å². The molecule has 21 heavy (non-hydrogen) atoms. The zero-order valence-electron chi connectivity index (χ0n) is 14.5. The maximum Gasteiger partial charge on any atom is 0.231 e. The van der Waals surface area contributed by atoms with Gasteiger partial charge in [-0.3, -0.25) is 4.79 Å². The van der Waals surface area contributed by atoms with Crippen molar-refractivity contribution in [3.05, 3.63) is 42.0 Å². The van der Waals surface area contributed by atoms with Gasteiger partial charge in [0.05, 0.1) is 0 Å². The molecule has 0 bridgehead atoms. The lowest BCUT2D eigenvalue weighted by molar-refractivity contribution is 0.112. The second-order valence-corrected chi connectivity index (χ2v) is 4.03. The highest BCUT2D eigenvalue weighted by molar-refractivity contribution is 5.76. The molecule has 0 unspecified atom stereocenters. The highest BCUT2D eigenvalue weighted by atomic mass is 16.7. The van der Waals surface area contributed by atoms with Gasteiger partial charge in [0.25, 0.3) is 0 Å². The highest BCUT2D eigenvalue weighted by Gasteiger charge is 2.13. The molecule has 0 saturated heterocycles. The summed E-state index contributed by atoms with van der Waals surface area (Å²) in [6.07, 6.45) is 0.664. The normalized spacial score (nSPS) is 21.0. The summed E-state index contributed by atoms with van der Waals surface area (Å²) in [7, 11) is 0. The van der Waals surface area contributed by atoms with E-state index in [9.17, 15) is 4.79 Å². The van der Waals surface area contributed by atoms with Crippen LogP contribution >= 0.6 is 0 Å². The monoisotopic (exact) mass is 292 g/mol. The Labute approximate surface area is 126 Å². The summed E-state index contributed by atoms with van der Waals surface area (Å²) in [5.41, 5.74) is 0.431. The smallest absolute Gasteiger partial charge is 0.231 e. The zero-order chi connectivity index (χ0) is 18.2. The molecule has 0 saturated carbocycles. The minimum absolute atomic E-state index is 0.0232. The number of aldehydes is 1. The first-order valence-electron chi connectivity index (χ1n) is 7.86. The number of phenols is 1. The van der Waals surface area contributed by atoms with E-state index < -0.39 is 13.5 Å². The van der Waals surface area contributed by atoms with E-state index in [2.05, 4.69) is 0 Å². The Kier molecular flexibility index (Phi) is 2.44. The number of fused-ring (bicyclic) bond motifs is 2. The maximum atomic E-state index is 10.4. The van der Waals surface area contributed by atoms with Crippen molar-refractivity contribution in [1.29, 1.82) is 0 Å². The van der Waals surface area contributed by atoms with Gasteiger partial charge in [-0.15, -0.1) is 0 Å². The predicted molar refractivity (Wildman–Crippen MR) is 72.2 cm³/mol. The van der Waals surface area contributed by atoms with Gasteiger partial charge in [-0.05, 0) is 30.3 Å². The number of hydrogen-bond acceptors (Lipinski definition) is 6. The lowest BCUT2D eigenvalue weighted by Crippen LogP contribution is -1.92. The van der Waals surface area contributed by atoms with Crippen LogP contribution in [0.2, 0.25) is 0 Å². The minimum atomic E-state index is -2.12. The van der Waals surface area contributed by atoms with Gasteiger partial charge in [0.2, 0.25) is 13.5 Å². The van der Waals surface area contributed by atoms with Crippen LogP contribution in [0.4, 0.5) is 0 Å². The molecule has 0 atom stereocenters. The van der Waals surface area contributed by atoms with Gasteiger partial charge < -0.3 is 24.1 Å². The fourth-order valence-electron chi connectivity index (χ4n) is 1.64. The number of aromatic hydroxyl groups is 1. The Balaban J connectivity index is 0.000000146. The Morgan fingerprint density at radius 2 is 1.48 bits per heavy atom. The Hall–Kier alpha value is -2.89. The van der Waals surface area contributed by atoms with Gasteiger partial charge >= 0.3 is 0 Å². The van der Waals surface area contributed by atoms with Crippen LogP contribution in [0, 0.1) is 0 Å². The number of hydrogen-bond donors (Lipinski definition) is 1. The number of carbonyl (C=O) groups excluding carboxylic acids is 1. The van der Waals surface area contributed by atoms with E-state index >= 15 is 0 Å². The third-order valence-corrected chi connectivity index (χ3v) is 2.64. The topological polar surface area (TPSA) is 74.2 Å². The van der Waals surface area contributed by atoms with Crippen LogP contribution in [0.15, 0.2) is 36.4 Å². The number of benzene rings is 2. The maximum absolute atomic E-state index is 10.4. The molecule has 0 spiro atoms. The van der Waals surface area contributed by atoms with Gasteiger partial charge in [0, 0.05) is 11.6 Å². The Morgan fingerprint density at radius 3 is 2.14 bits per heavy atom. The molecule has 0 radical (unpaired) electrons. The number of ether oxygens (including phenoxy) is 4. The van der Waals surface area contributed by atoms with E-state index in [0.29, 0.717) is 23.3 Å². The van der Waals surface area contributed by atoms with Gasteiger partial charge in [-0.2, -0.15) is 0 Å². The lowest BCUT2D eigenvalue weighted by Gasteiger charge is -1.94. The molecule has 0 fully saturated rings. The second-order valence-electron chi connectivity index (χ2n) is 4.03. The molecule has 2 aliphatic rings. The predicted octanol–water partition coefficient (Wildman–Crippen LogP) is 2.35. The van der Waals surface area contributed by atoms with Crippen LogP contribution in [0.25, 0.3) is 0 Å². The third kappa shape index (κ3) is 2.84. The van der Waals surface area contributed by atoms with Crippen molar-refractivity contribution in [3.8, 4) is 28.7 Å². The fraction of sp³-hybridized carbons (Fsp3) is 0.133. The van der Waals surface area contributed by atoms with Crippen molar-refractivity contribution in [2.75, 3.05) is 13.5 Å². The van der Waals surface area contributed by atoms with Crippen LogP contribution in [0.3, 0.4) is 0 Å². The Bertz CT molecular complexity index is 824. The highest BCUT2D eigenvalue weighted by Crippen LogP contribution is 2.34. The van der Waals surface area contributed by atoms with E-state index in [1.54, 1.807) is 0 Å². The molecule has 0 amide bonds. The standard InChI is InChI=1S/C8H6O3.C7H6O3/c9-4-6-1-2-7-8(3-6)11-5-10-7;8-5-1-2-6-7(3-5)10-4-9-6/h1-4H,5H2;1-3,8H,4H2/i5D2;4D2. The summed E-state index contributed by atoms with van der Waals surface area (Å²) < 4.78 is 47.5. The zero-order valence-corrected chi connectivity index (χ0v) is 10.5. The van der Waals surface area contributed by atoms with Crippen LogP contribution in [0.1, 0.15) is 15.8 Å². The average molecular weight is 292 g/mol. The van der Waals surface area contributed by atoms with E-state index in [4.69, 9.17) is 29.5 Å². The summed E-state index contributed by atoms with van der Waals surface area (Å²) in [6, 6.07) is 8.65. The van der Waals surface area contributed by atoms with Gasteiger partial charge in [-0.25, -0.2) is 0 Å². The fourth-order valence-corrected chi connectivity index (χ4v) is 1.64. The summed E-state index contributed by atoms with van der Waals surface area (Å²) >= 11 is 0. The molecular weight excluding hydrogens is 276 g/mol. The first-order chi connectivity index (χ1) is 11.7. The summed E-state index contributed by atoms with van der Waals surface area (Å²) in [5, 5.41) is 9.01. The van der Waals surface area contributed by atoms with Crippen LogP contribution in [-0.2, 0) is 0 Å². The molecule has 1 N–H and O–H groups in total. The first-order valence-corrected chi connectivity index (χ1v) is 5.86. The molecule has 2 aromatic rings. The largest absolute Gasteiger partial charge is 0.508 e. The van der Waals surface area contributed by atoms with Gasteiger partial charge in [-0.1, -0.05) is 0 Å². The number of rotatable bonds is 1. The molecule has 2 aromatic carbocycles. The number of phenolic OH excluding ortho intramolecular Hbond substituents is 1. The van der Waals surface area contributed by atoms with Crippen LogP contribution in [0.5, 0.6) is 28.7 Å². The van der Waals surface area contributed by atoms with Crippen molar-refractivity contribution in [3.63, 3.8) is 0 Å². The van der Waals surface area contributed by atoms with Gasteiger partial charge in [0.1, 0.15) is 17.5 Å². The quantitative estimate of drug-likeness (QED) is 0.813. The summed E-state index contributed by atoms with van der Waals surface area (Å²) in [5.74, 6) is 1.12. The summed E-state index contributed by atoms with van der Waals surface area (Å²) in [6.45, 7) is -4.24. The first kappa shape index (κ1) is 9.12. The van der Waals surface area contributed by atoms with Gasteiger partial charge in [0.15, 0.2) is 23.0 Å². The lowest BCUT2D eigenvalue weighted by atomic mass is 10.2. The molecule has 6 nitrogen and oxygen atoms in total. The van der Waals surface area contributed by atoms with Crippen molar-refractivity contribution >= 4 is 6.29 Å². The summed E-state index contributed by atoms with van der Waals surface area (Å²) in [4.78, 5) is 10.4.